The monoisotopic (exact) mass is 248 g/mol. The van der Waals surface area contributed by atoms with Crippen LogP contribution in [0.25, 0.3) is 0 Å². The van der Waals surface area contributed by atoms with E-state index in [1.807, 2.05) is 31.2 Å². The summed E-state index contributed by atoms with van der Waals surface area (Å²) in [5.74, 6) is 0.221. The SMILES string of the molecule is CCOc1ccccc1NC1CCC(=O)NC1=O. The van der Waals surface area contributed by atoms with Crippen LogP contribution in [0.3, 0.4) is 0 Å². The first-order valence-electron chi connectivity index (χ1n) is 6.02. The van der Waals surface area contributed by atoms with E-state index < -0.39 is 0 Å². The molecule has 0 aliphatic carbocycles. The van der Waals surface area contributed by atoms with E-state index in [-0.39, 0.29) is 17.9 Å². The average Bonchev–Trinajstić information content (AvgIpc) is 2.35. The molecule has 0 radical (unpaired) electrons. The first-order chi connectivity index (χ1) is 8.70. The molecule has 1 aromatic carbocycles. The molecule has 2 amide bonds. The Hall–Kier alpha value is -2.04. The highest BCUT2D eigenvalue weighted by molar-refractivity contribution is 6.01. The van der Waals surface area contributed by atoms with Gasteiger partial charge in [0.2, 0.25) is 11.8 Å². The molecule has 2 N–H and O–H groups in total. The van der Waals surface area contributed by atoms with E-state index in [0.29, 0.717) is 25.2 Å². The molecule has 1 aliphatic rings. The lowest BCUT2D eigenvalue weighted by Gasteiger charge is -2.23. The van der Waals surface area contributed by atoms with Gasteiger partial charge in [0.25, 0.3) is 0 Å². The zero-order chi connectivity index (χ0) is 13.0. The molecule has 0 aromatic heterocycles. The fraction of sp³-hybridized carbons (Fsp3) is 0.385. The Morgan fingerprint density at radius 1 is 1.39 bits per heavy atom. The van der Waals surface area contributed by atoms with Crippen molar-refractivity contribution >= 4 is 17.5 Å². The summed E-state index contributed by atoms with van der Waals surface area (Å²) in [6.45, 7) is 2.47. The third kappa shape index (κ3) is 2.80. The first kappa shape index (κ1) is 12.4. The molecule has 1 fully saturated rings. The van der Waals surface area contributed by atoms with E-state index in [2.05, 4.69) is 10.6 Å². The maximum atomic E-state index is 11.6. The molecular formula is C13H16N2O3. The zero-order valence-corrected chi connectivity index (χ0v) is 10.2. The van der Waals surface area contributed by atoms with Crippen LogP contribution in [0.1, 0.15) is 19.8 Å². The van der Waals surface area contributed by atoms with Gasteiger partial charge in [-0.2, -0.15) is 0 Å². The number of benzene rings is 1. The summed E-state index contributed by atoms with van der Waals surface area (Å²) in [5, 5.41) is 5.44. The van der Waals surface area contributed by atoms with Crippen LogP contribution < -0.4 is 15.4 Å². The van der Waals surface area contributed by atoms with E-state index >= 15 is 0 Å². The van der Waals surface area contributed by atoms with Gasteiger partial charge in [-0.05, 0) is 25.5 Å². The highest BCUT2D eigenvalue weighted by Crippen LogP contribution is 2.25. The number of hydrogen-bond donors (Lipinski definition) is 2. The fourth-order valence-corrected chi connectivity index (χ4v) is 1.89. The third-order valence-electron chi connectivity index (χ3n) is 2.76. The lowest BCUT2D eigenvalue weighted by atomic mass is 10.1. The summed E-state index contributed by atoms with van der Waals surface area (Å²) < 4.78 is 5.47. The van der Waals surface area contributed by atoms with E-state index in [9.17, 15) is 9.59 Å². The average molecular weight is 248 g/mol. The van der Waals surface area contributed by atoms with Gasteiger partial charge < -0.3 is 10.1 Å². The van der Waals surface area contributed by atoms with Crippen LogP contribution in [-0.4, -0.2) is 24.5 Å². The summed E-state index contributed by atoms with van der Waals surface area (Å²) in [5.41, 5.74) is 0.772. The predicted octanol–water partition coefficient (Wildman–Crippen LogP) is 1.30. The topological polar surface area (TPSA) is 67.4 Å². The Morgan fingerprint density at radius 3 is 2.89 bits per heavy atom. The van der Waals surface area contributed by atoms with Crippen LogP contribution in [-0.2, 0) is 9.59 Å². The van der Waals surface area contributed by atoms with Crippen molar-refractivity contribution in [2.24, 2.45) is 0 Å². The van der Waals surface area contributed by atoms with Crippen molar-refractivity contribution in [2.75, 3.05) is 11.9 Å². The van der Waals surface area contributed by atoms with Crippen LogP contribution in [0, 0.1) is 0 Å². The standard InChI is InChI=1S/C13H16N2O3/c1-2-18-11-6-4-3-5-9(11)14-10-7-8-12(16)15-13(10)17/h3-6,10,14H,2,7-8H2,1H3,(H,15,16,17). The second kappa shape index (κ2) is 5.53. The van der Waals surface area contributed by atoms with Crippen LogP contribution >= 0.6 is 0 Å². The quantitative estimate of drug-likeness (QED) is 0.788. The van der Waals surface area contributed by atoms with Crippen LogP contribution in [0.2, 0.25) is 0 Å². The molecule has 5 heteroatoms. The van der Waals surface area contributed by atoms with Gasteiger partial charge in [-0.3, -0.25) is 14.9 Å². The summed E-state index contributed by atoms with van der Waals surface area (Å²) in [4.78, 5) is 22.7. The predicted molar refractivity (Wildman–Crippen MR) is 67.4 cm³/mol. The van der Waals surface area contributed by atoms with Gasteiger partial charge in [-0.1, -0.05) is 12.1 Å². The normalized spacial score (nSPS) is 19.3. The van der Waals surface area contributed by atoms with Gasteiger partial charge in [0.1, 0.15) is 11.8 Å². The largest absolute Gasteiger partial charge is 0.492 e. The van der Waals surface area contributed by atoms with Crippen LogP contribution in [0.15, 0.2) is 24.3 Å². The molecule has 1 aromatic rings. The smallest absolute Gasteiger partial charge is 0.249 e. The number of ether oxygens (including phenoxy) is 1. The number of imide groups is 1. The minimum absolute atomic E-state index is 0.212. The summed E-state index contributed by atoms with van der Waals surface area (Å²) in [6.07, 6.45) is 0.866. The molecule has 96 valence electrons. The highest BCUT2D eigenvalue weighted by Gasteiger charge is 2.26. The molecule has 0 spiro atoms. The van der Waals surface area contributed by atoms with Crippen molar-refractivity contribution < 1.29 is 14.3 Å². The number of nitrogens with one attached hydrogen (secondary N) is 2. The lowest BCUT2D eigenvalue weighted by molar-refractivity contribution is -0.133. The Labute approximate surface area is 106 Å². The van der Waals surface area contributed by atoms with Crippen LogP contribution in [0.4, 0.5) is 5.69 Å². The Morgan fingerprint density at radius 2 is 2.17 bits per heavy atom. The fourth-order valence-electron chi connectivity index (χ4n) is 1.89. The lowest BCUT2D eigenvalue weighted by Crippen LogP contribution is -2.47. The molecule has 1 unspecified atom stereocenters. The van der Waals surface area contributed by atoms with E-state index in [0.717, 1.165) is 5.69 Å². The highest BCUT2D eigenvalue weighted by atomic mass is 16.5. The number of carbonyl (C=O) groups is 2. The number of para-hydroxylation sites is 2. The zero-order valence-electron chi connectivity index (χ0n) is 10.2. The molecule has 1 aliphatic heterocycles. The van der Waals surface area contributed by atoms with Crippen molar-refractivity contribution in [2.45, 2.75) is 25.8 Å². The number of anilines is 1. The maximum absolute atomic E-state index is 11.6. The second-order valence-corrected chi connectivity index (χ2v) is 4.08. The number of piperidine rings is 1. The Kier molecular flexibility index (Phi) is 3.82. The van der Waals surface area contributed by atoms with Gasteiger partial charge in [-0.25, -0.2) is 0 Å². The maximum Gasteiger partial charge on any atom is 0.249 e. The Balaban J connectivity index is 2.09. The molecule has 1 heterocycles. The molecule has 5 nitrogen and oxygen atoms in total. The second-order valence-electron chi connectivity index (χ2n) is 4.08. The van der Waals surface area contributed by atoms with Crippen LogP contribution in [0.5, 0.6) is 5.75 Å². The molecular weight excluding hydrogens is 232 g/mol. The summed E-state index contributed by atoms with van der Waals surface area (Å²) in [6, 6.07) is 7.06. The molecule has 1 saturated heterocycles. The van der Waals surface area contributed by atoms with Crippen molar-refractivity contribution in [3.05, 3.63) is 24.3 Å². The van der Waals surface area contributed by atoms with E-state index in [1.54, 1.807) is 0 Å². The van der Waals surface area contributed by atoms with Gasteiger partial charge >= 0.3 is 0 Å². The molecule has 0 bridgehead atoms. The molecule has 0 saturated carbocycles. The summed E-state index contributed by atoms with van der Waals surface area (Å²) in [7, 11) is 0. The number of amides is 2. The minimum atomic E-state index is -0.385. The number of carbonyl (C=O) groups excluding carboxylic acids is 2. The van der Waals surface area contributed by atoms with Crippen molar-refractivity contribution in [3.8, 4) is 5.75 Å². The third-order valence-corrected chi connectivity index (χ3v) is 2.76. The summed E-state index contributed by atoms with van der Waals surface area (Å²) >= 11 is 0. The number of rotatable bonds is 4. The van der Waals surface area contributed by atoms with E-state index in [4.69, 9.17) is 4.74 Å². The minimum Gasteiger partial charge on any atom is -0.492 e. The van der Waals surface area contributed by atoms with Gasteiger partial charge in [0.15, 0.2) is 0 Å². The van der Waals surface area contributed by atoms with Crippen molar-refractivity contribution in [1.82, 2.24) is 5.32 Å². The van der Waals surface area contributed by atoms with Crippen molar-refractivity contribution in [3.63, 3.8) is 0 Å². The Bertz CT molecular complexity index is 459. The number of hydrogen-bond acceptors (Lipinski definition) is 4. The first-order valence-corrected chi connectivity index (χ1v) is 6.02. The molecule has 18 heavy (non-hydrogen) atoms. The van der Waals surface area contributed by atoms with Gasteiger partial charge in [0.05, 0.1) is 12.3 Å². The van der Waals surface area contributed by atoms with Gasteiger partial charge in [0, 0.05) is 6.42 Å². The molecule has 2 rings (SSSR count). The van der Waals surface area contributed by atoms with E-state index in [1.165, 1.54) is 0 Å². The van der Waals surface area contributed by atoms with Gasteiger partial charge in [-0.15, -0.1) is 0 Å². The van der Waals surface area contributed by atoms with Crippen molar-refractivity contribution in [1.29, 1.82) is 0 Å². The molecule has 1 atom stereocenters.